The minimum atomic E-state index is 0. The molecule has 0 heterocycles. The van der Waals surface area contributed by atoms with Crippen LogP contribution in [0, 0.1) is 0 Å². The van der Waals surface area contributed by atoms with Crippen molar-refractivity contribution in [3.63, 3.8) is 0 Å². The summed E-state index contributed by atoms with van der Waals surface area (Å²) in [5.74, 6) is 0. The minimum Gasteiger partial charge on any atom is -0.0999 e. The summed E-state index contributed by atoms with van der Waals surface area (Å²) in [5.41, 5.74) is 0. The van der Waals surface area contributed by atoms with Gasteiger partial charge in [0.05, 0.1) is 7.85 Å². The van der Waals surface area contributed by atoms with Crippen molar-refractivity contribution in [1.29, 1.82) is 0 Å². The van der Waals surface area contributed by atoms with Gasteiger partial charge in [0.1, 0.15) is 0 Å². The van der Waals surface area contributed by atoms with Crippen LogP contribution >= 0.6 is 0 Å². The van der Waals surface area contributed by atoms with Crippen molar-refractivity contribution in [1.82, 2.24) is 0 Å². The van der Waals surface area contributed by atoms with Gasteiger partial charge in [-0.15, -0.1) is 0 Å². The van der Waals surface area contributed by atoms with Gasteiger partial charge in [-0.05, 0) is 0 Å². The second-order valence-corrected chi connectivity index (χ2v) is 0. The van der Waals surface area contributed by atoms with Gasteiger partial charge in [-0.1, -0.05) is 6.82 Å². The van der Waals surface area contributed by atoms with Crippen molar-refractivity contribution >= 4 is 7.85 Å². The zero-order valence-electron chi connectivity index (χ0n) is 2.23. The maximum Gasteiger partial charge on any atom is 0.0606 e. The van der Waals surface area contributed by atoms with E-state index in [1.807, 2.05) is 0 Å². The van der Waals surface area contributed by atoms with Crippen molar-refractivity contribution in [3.8, 4) is 0 Å². The molecule has 0 bridgehead atoms. The maximum atomic E-state index is 4.50. The standard InChI is InChI=1S/CH3B.Co.Ni/c1-2;;/h1H3;;. The molecule has 0 aromatic rings. The van der Waals surface area contributed by atoms with E-state index in [0.717, 1.165) is 0 Å². The predicted molar refractivity (Wildman–Crippen MR) is 11.6 cm³/mol. The second-order valence-electron chi connectivity index (χ2n) is 0. The molecular formula is CH3BCoNi. The van der Waals surface area contributed by atoms with Gasteiger partial charge >= 0.3 is 0 Å². The number of hydrogen-bond donors (Lipinski definition) is 0. The molecule has 0 aromatic heterocycles. The van der Waals surface area contributed by atoms with Crippen molar-refractivity contribution in [2.75, 3.05) is 0 Å². The molecule has 0 spiro atoms. The molecule has 0 aliphatic rings. The first-order valence-corrected chi connectivity index (χ1v) is 0.577. The third-order valence-corrected chi connectivity index (χ3v) is 0. The average molecular weight is 143 g/mol. The average Bonchev–Trinajstić information content (AvgIpc) is 1.00. The third-order valence-electron chi connectivity index (χ3n) is 0. The van der Waals surface area contributed by atoms with Crippen LogP contribution in [0.3, 0.4) is 0 Å². The van der Waals surface area contributed by atoms with Crippen LogP contribution in [-0.2, 0) is 33.3 Å². The first-order chi connectivity index (χ1) is 1.00. The van der Waals surface area contributed by atoms with Gasteiger partial charge in [0, 0.05) is 33.3 Å². The van der Waals surface area contributed by atoms with Gasteiger partial charge in [-0.25, -0.2) is 0 Å². The molecule has 0 amide bonds. The Morgan fingerprint density at radius 3 is 1.25 bits per heavy atom. The van der Waals surface area contributed by atoms with E-state index >= 15 is 0 Å². The normalized spacial score (nSPS) is 1.25. The van der Waals surface area contributed by atoms with E-state index in [1.165, 1.54) is 6.82 Å². The summed E-state index contributed by atoms with van der Waals surface area (Å²) in [6.45, 7) is 1.50. The molecule has 0 N–H and O–H groups in total. The molecule has 0 rings (SSSR count). The Labute approximate surface area is 48.3 Å². The molecule has 4 heavy (non-hydrogen) atoms. The van der Waals surface area contributed by atoms with E-state index in [4.69, 9.17) is 0 Å². The molecule has 0 saturated heterocycles. The Kier molecular flexibility index (Phi) is 165. The predicted octanol–water partition coefficient (Wildman–Crippen LogP) is 0.198. The summed E-state index contributed by atoms with van der Waals surface area (Å²) in [6.07, 6.45) is 0. The van der Waals surface area contributed by atoms with Gasteiger partial charge < -0.3 is 0 Å². The van der Waals surface area contributed by atoms with Crippen LogP contribution in [0.2, 0.25) is 6.82 Å². The molecule has 3 heteroatoms. The molecule has 0 aliphatic heterocycles. The summed E-state index contributed by atoms with van der Waals surface area (Å²) in [4.78, 5) is 0. The van der Waals surface area contributed by atoms with E-state index in [-0.39, 0.29) is 33.3 Å². The quantitative estimate of drug-likeness (QED) is 0.425. The van der Waals surface area contributed by atoms with Gasteiger partial charge in [-0.3, -0.25) is 0 Å². The molecule has 0 unspecified atom stereocenters. The van der Waals surface area contributed by atoms with E-state index in [9.17, 15) is 0 Å². The van der Waals surface area contributed by atoms with Gasteiger partial charge in [0.15, 0.2) is 0 Å². The summed E-state index contributed by atoms with van der Waals surface area (Å²) in [7, 11) is 4.50. The Balaban J connectivity index is -0.00000000500. The van der Waals surface area contributed by atoms with Crippen LogP contribution < -0.4 is 0 Å². The number of hydrogen-bond acceptors (Lipinski definition) is 0. The monoisotopic (exact) mass is 143 g/mol. The molecule has 3 radical (unpaired) electrons. The first-order valence-electron chi connectivity index (χ1n) is 0.577. The smallest absolute Gasteiger partial charge is 0.0606 e. The molecule has 0 aromatic carbocycles. The fourth-order valence-electron chi connectivity index (χ4n) is 0. The molecule has 0 saturated carbocycles. The van der Waals surface area contributed by atoms with E-state index in [2.05, 4.69) is 7.85 Å². The molecule has 0 aliphatic carbocycles. The molecule has 0 atom stereocenters. The molecule has 29 valence electrons. The zero-order chi connectivity index (χ0) is 2.00. The number of rotatable bonds is 0. The van der Waals surface area contributed by atoms with Crippen LogP contribution in [0.15, 0.2) is 0 Å². The fourth-order valence-corrected chi connectivity index (χ4v) is 0. The fraction of sp³-hybridized carbons (Fsp3) is 1.00. The van der Waals surface area contributed by atoms with Crippen LogP contribution in [0.1, 0.15) is 0 Å². The van der Waals surface area contributed by atoms with Crippen LogP contribution in [0.4, 0.5) is 0 Å². The Bertz CT molecular complexity index is 8.00. The minimum absolute atomic E-state index is 0. The second kappa shape index (κ2) is 33.7. The summed E-state index contributed by atoms with van der Waals surface area (Å²) < 4.78 is 0. The zero-order valence-corrected chi connectivity index (χ0v) is 4.26. The SMILES string of the molecule is [B]C.[Co].[Ni]. The van der Waals surface area contributed by atoms with Crippen LogP contribution in [-0.4, -0.2) is 7.85 Å². The van der Waals surface area contributed by atoms with Gasteiger partial charge in [0.2, 0.25) is 0 Å². The molecule has 0 fully saturated rings. The van der Waals surface area contributed by atoms with Crippen LogP contribution in [0.25, 0.3) is 0 Å². The Morgan fingerprint density at radius 1 is 1.25 bits per heavy atom. The molecule has 0 nitrogen and oxygen atoms in total. The topological polar surface area (TPSA) is 0 Å². The van der Waals surface area contributed by atoms with Crippen molar-refractivity contribution in [3.05, 3.63) is 0 Å². The van der Waals surface area contributed by atoms with E-state index in [1.54, 1.807) is 0 Å². The largest absolute Gasteiger partial charge is 0.0999 e. The van der Waals surface area contributed by atoms with Crippen LogP contribution in [0.5, 0.6) is 0 Å². The summed E-state index contributed by atoms with van der Waals surface area (Å²) >= 11 is 0. The summed E-state index contributed by atoms with van der Waals surface area (Å²) in [5, 5.41) is 0. The van der Waals surface area contributed by atoms with Crippen molar-refractivity contribution < 1.29 is 33.3 Å². The van der Waals surface area contributed by atoms with Crippen molar-refractivity contribution in [2.24, 2.45) is 0 Å². The van der Waals surface area contributed by atoms with Crippen molar-refractivity contribution in [2.45, 2.75) is 6.82 Å². The van der Waals surface area contributed by atoms with E-state index in [0.29, 0.717) is 0 Å². The van der Waals surface area contributed by atoms with Gasteiger partial charge in [-0.2, -0.15) is 0 Å². The Morgan fingerprint density at radius 2 is 1.25 bits per heavy atom. The van der Waals surface area contributed by atoms with Gasteiger partial charge in [0.25, 0.3) is 0 Å². The third kappa shape index (κ3) is 11.5. The Hall–Kier alpha value is 1.06. The maximum absolute atomic E-state index is 4.50. The molecular weight excluding hydrogens is 140 g/mol. The van der Waals surface area contributed by atoms with E-state index < -0.39 is 0 Å². The summed E-state index contributed by atoms with van der Waals surface area (Å²) in [6, 6.07) is 0. The first kappa shape index (κ1) is 19.6.